The van der Waals surface area contributed by atoms with Gasteiger partial charge in [-0.05, 0) is 24.3 Å². The van der Waals surface area contributed by atoms with Gasteiger partial charge in [0.1, 0.15) is 11.4 Å². The molecule has 8 nitrogen and oxygen atoms in total. The molecule has 1 heterocycles. The number of para-hydroxylation sites is 1. The van der Waals surface area contributed by atoms with Gasteiger partial charge in [0, 0.05) is 11.1 Å². The summed E-state index contributed by atoms with van der Waals surface area (Å²) in [4.78, 5) is 44.5. The number of nitrogens with one attached hydrogen (secondary N) is 1. The number of carbonyl (C=O) groups excluding carboxylic acids is 3. The van der Waals surface area contributed by atoms with Crippen molar-refractivity contribution >= 4 is 46.2 Å². The van der Waals surface area contributed by atoms with Gasteiger partial charge in [-0.3, -0.25) is 4.79 Å². The zero-order valence-corrected chi connectivity index (χ0v) is 16.5. The molecule has 0 bridgehead atoms. The Morgan fingerprint density at radius 1 is 0.966 bits per heavy atom. The molecule has 0 spiro atoms. The van der Waals surface area contributed by atoms with Crippen LogP contribution in [0.25, 0.3) is 10.9 Å². The minimum atomic E-state index is -0.631. The van der Waals surface area contributed by atoms with Crippen LogP contribution in [0, 0.1) is 0 Å². The number of fused-ring (bicyclic) bond motifs is 1. The Kier molecular flexibility index (Phi) is 6.40. The largest absolute Gasteiger partial charge is 0.465 e. The van der Waals surface area contributed by atoms with E-state index in [0.717, 1.165) is 10.9 Å². The summed E-state index contributed by atoms with van der Waals surface area (Å²) in [6.07, 6.45) is 1.45. The maximum atomic E-state index is 12.4. The Morgan fingerprint density at radius 3 is 2.28 bits per heavy atom. The molecule has 29 heavy (non-hydrogen) atoms. The Bertz CT molecular complexity index is 1050. The van der Waals surface area contributed by atoms with Crippen molar-refractivity contribution in [2.75, 3.05) is 25.3 Å². The zero-order chi connectivity index (χ0) is 20.8. The molecule has 0 fully saturated rings. The van der Waals surface area contributed by atoms with Crippen molar-refractivity contribution in [1.82, 2.24) is 9.97 Å². The standard InChI is InChI=1S/C20H17N3O5S/c1-27-19(25)12-7-13(20(26)28-2)9-14(8-12)23-17(24)10-29-18-15-5-3-4-6-16(15)21-11-22-18/h3-9,11H,10H2,1-2H3,(H,23,24). The molecule has 3 aromatic rings. The lowest BCUT2D eigenvalue weighted by Crippen LogP contribution is -2.16. The molecule has 148 valence electrons. The van der Waals surface area contributed by atoms with Crippen LogP contribution in [0.3, 0.4) is 0 Å². The normalized spacial score (nSPS) is 10.4. The summed E-state index contributed by atoms with van der Waals surface area (Å²) in [5.74, 6) is -1.51. The van der Waals surface area contributed by atoms with Crippen LogP contribution in [-0.4, -0.2) is 47.8 Å². The number of nitrogens with zero attached hydrogens (tertiary/aromatic N) is 2. The number of benzene rings is 2. The number of anilines is 1. The van der Waals surface area contributed by atoms with E-state index < -0.39 is 11.9 Å². The summed E-state index contributed by atoms with van der Waals surface area (Å²) >= 11 is 1.26. The van der Waals surface area contributed by atoms with Gasteiger partial charge in [-0.1, -0.05) is 30.0 Å². The lowest BCUT2D eigenvalue weighted by Gasteiger charge is -2.10. The monoisotopic (exact) mass is 411 g/mol. The first-order valence-electron chi connectivity index (χ1n) is 8.46. The van der Waals surface area contributed by atoms with Gasteiger partial charge in [0.05, 0.1) is 36.6 Å². The van der Waals surface area contributed by atoms with Gasteiger partial charge < -0.3 is 14.8 Å². The number of hydrogen-bond donors (Lipinski definition) is 1. The van der Waals surface area contributed by atoms with E-state index in [9.17, 15) is 14.4 Å². The third-order valence-corrected chi connectivity index (χ3v) is 4.91. The molecule has 0 saturated heterocycles. The Morgan fingerprint density at radius 2 is 1.62 bits per heavy atom. The average Bonchev–Trinajstić information content (AvgIpc) is 2.76. The van der Waals surface area contributed by atoms with Crippen LogP contribution < -0.4 is 5.32 Å². The van der Waals surface area contributed by atoms with E-state index in [1.807, 2.05) is 24.3 Å². The quantitative estimate of drug-likeness (QED) is 0.375. The first kappa shape index (κ1) is 20.3. The lowest BCUT2D eigenvalue weighted by molar-refractivity contribution is -0.113. The summed E-state index contributed by atoms with van der Waals surface area (Å²) in [6.45, 7) is 0. The van der Waals surface area contributed by atoms with Crippen molar-refractivity contribution in [3.8, 4) is 0 Å². The van der Waals surface area contributed by atoms with Crippen molar-refractivity contribution < 1.29 is 23.9 Å². The summed E-state index contributed by atoms with van der Waals surface area (Å²) in [7, 11) is 2.46. The van der Waals surface area contributed by atoms with Gasteiger partial charge in [0.15, 0.2) is 0 Å². The van der Waals surface area contributed by atoms with E-state index in [2.05, 4.69) is 24.8 Å². The maximum absolute atomic E-state index is 12.4. The fourth-order valence-corrected chi connectivity index (χ4v) is 3.39. The molecule has 1 amide bonds. The highest BCUT2D eigenvalue weighted by atomic mass is 32.2. The van der Waals surface area contributed by atoms with Crippen LogP contribution in [0.2, 0.25) is 0 Å². The third-order valence-electron chi connectivity index (χ3n) is 3.91. The molecule has 1 aromatic heterocycles. The van der Waals surface area contributed by atoms with E-state index in [1.165, 1.54) is 50.5 Å². The van der Waals surface area contributed by atoms with Gasteiger partial charge in [-0.15, -0.1) is 0 Å². The highest BCUT2D eigenvalue weighted by Gasteiger charge is 2.15. The van der Waals surface area contributed by atoms with Crippen LogP contribution in [0.5, 0.6) is 0 Å². The van der Waals surface area contributed by atoms with E-state index in [0.29, 0.717) is 5.03 Å². The first-order valence-corrected chi connectivity index (χ1v) is 9.44. The molecule has 3 rings (SSSR count). The molecule has 9 heteroatoms. The number of esters is 2. The first-order chi connectivity index (χ1) is 14.0. The molecule has 0 aliphatic heterocycles. The van der Waals surface area contributed by atoms with Crippen molar-refractivity contribution in [1.29, 1.82) is 0 Å². The number of hydrogen-bond acceptors (Lipinski definition) is 8. The minimum absolute atomic E-state index is 0.0804. The van der Waals surface area contributed by atoms with Gasteiger partial charge in [0.25, 0.3) is 0 Å². The smallest absolute Gasteiger partial charge is 0.337 e. The van der Waals surface area contributed by atoms with Crippen molar-refractivity contribution in [3.63, 3.8) is 0 Å². The van der Waals surface area contributed by atoms with Gasteiger partial charge >= 0.3 is 11.9 Å². The maximum Gasteiger partial charge on any atom is 0.337 e. The van der Waals surface area contributed by atoms with Crippen molar-refractivity contribution in [3.05, 3.63) is 59.9 Å². The second-order valence-electron chi connectivity index (χ2n) is 5.82. The number of aromatic nitrogens is 2. The number of methoxy groups -OCH3 is 2. The van der Waals surface area contributed by atoms with E-state index in [-0.39, 0.29) is 28.5 Å². The second-order valence-corrected chi connectivity index (χ2v) is 6.78. The summed E-state index contributed by atoms with van der Waals surface area (Å²) in [5, 5.41) is 4.22. The number of thioether (sulfide) groups is 1. The number of amides is 1. The van der Waals surface area contributed by atoms with E-state index >= 15 is 0 Å². The summed E-state index contributed by atoms with van der Waals surface area (Å²) in [5.41, 5.74) is 1.32. The van der Waals surface area contributed by atoms with Crippen LogP contribution in [0.4, 0.5) is 5.69 Å². The fourth-order valence-electron chi connectivity index (χ4n) is 2.60. The predicted molar refractivity (Wildman–Crippen MR) is 108 cm³/mol. The van der Waals surface area contributed by atoms with Crippen molar-refractivity contribution in [2.24, 2.45) is 0 Å². The van der Waals surface area contributed by atoms with Crippen LogP contribution in [0.15, 0.2) is 53.8 Å². The Hall–Kier alpha value is -3.46. The second kappa shape index (κ2) is 9.16. The van der Waals surface area contributed by atoms with Gasteiger partial charge in [-0.25, -0.2) is 19.6 Å². The number of carbonyl (C=O) groups is 3. The van der Waals surface area contributed by atoms with E-state index in [1.54, 1.807) is 0 Å². The topological polar surface area (TPSA) is 107 Å². The lowest BCUT2D eigenvalue weighted by atomic mass is 10.1. The SMILES string of the molecule is COC(=O)c1cc(NC(=O)CSc2ncnc3ccccc23)cc(C(=O)OC)c1. The molecular weight excluding hydrogens is 394 g/mol. The number of rotatable bonds is 6. The molecule has 0 unspecified atom stereocenters. The van der Waals surface area contributed by atoms with Crippen LogP contribution in [-0.2, 0) is 14.3 Å². The highest BCUT2D eigenvalue weighted by Crippen LogP contribution is 2.24. The Labute approximate surface area is 170 Å². The molecule has 0 aliphatic carbocycles. The molecule has 0 radical (unpaired) electrons. The highest BCUT2D eigenvalue weighted by molar-refractivity contribution is 8.00. The molecule has 1 N–H and O–H groups in total. The zero-order valence-electron chi connectivity index (χ0n) is 15.7. The summed E-state index contributed by atoms with van der Waals surface area (Å²) < 4.78 is 9.38. The average molecular weight is 411 g/mol. The molecule has 0 saturated carbocycles. The van der Waals surface area contributed by atoms with Gasteiger partial charge in [-0.2, -0.15) is 0 Å². The predicted octanol–water partition coefficient (Wildman–Crippen LogP) is 2.93. The molecule has 0 aliphatic rings. The third kappa shape index (κ3) is 4.88. The van der Waals surface area contributed by atoms with E-state index in [4.69, 9.17) is 0 Å². The van der Waals surface area contributed by atoms with Crippen LogP contribution in [0.1, 0.15) is 20.7 Å². The number of ether oxygens (including phenoxy) is 2. The summed E-state index contributed by atoms with van der Waals surface area (Å²) in [6, 6.07) is 11.7. The molecule has 0 atom stereocenters. The molecule has 2 aromatic carbocycles. The Balaban J connectivity index is 1.76. The van der Waals surface area contributed by atoms with Crippen LogP contribution >= 0.6 is 11.8 Å². The molecular formula is C20H17N3O5S. The minimum Gasteiger partial charge on any atom is -0.465 e. The van der Waals surface area contributed by atoms with Gasteiger partial charge in [0.2, 0.25) is 5.91 Å². The fraction of sp³-hybridized carbons (Fsp3) is 0.150. The van der Waals surface area contributed by atoms with Crippen molar-refractivity contribution in [2.45, 2.75) is 5.03 Å².